The maximum atomic E-state index is 9.58. The number of alkyl halides is 2. The fraction of sp³-hybridized carbons (Fsp3) is 1.00. The van der Waals surface area contributed by atoms with Crippen LogP contribution in [0.15, 0.2) is 0 Å². The minimum atomic E-state index is -2.36. The molecule has 0 aliphatic carbocycles. The van der Waals surface area contributed by atoms with Crippen LogP contribution >= 0.6 is 45.2 Å². The van der Waals surface area contributed by atoms with E-state index in [0.29, 0.717) is 0 Å². The summed E-state index contributed by atoms with van der Waals surface area (Å²) in [5.74, 6) is 0. The van der Waals surface area contributed by atoms with Gasteiger partial charge in [0, 0.05) is 0 Å². The van der Waals surface area contributed by atoms with Crippen LogP contribution in [0.5, 0.6) is 0 Å². The van der Waals surface area contributed by atoms with Crippen LogP contribution in [-0.2, 0) is 15.5 Å². The summed E-state index contributed by atoms with van der Waals surface area (Å²) in [7, 11) is 0. The van der Waals surface area contributed by atoms with Crippen LogP contribution in [0.4, 0.5) is 0 Å². The van der Waals surface area contributed by atoms with Gasteiger partial charge in [0.25, 0.3) is 0 Å². The van der Waals surface area contributed by atoms with Crippen molar-refractivity contribution in [3.8, 4) is 0 Å². The highest BCUT2D eigenvalue weighted by molar-refractivity contribution is 14.2. The summed E-state index contributed by atoms with van der Waals surface area (Å²) in [6, 6.07) is 0. The van der Waals surface area contributed by atoms with Gasteiger partial charge in [0.15, 0.2) is 2.12 Å². The lowest BCUT2D eigenvalue weighted by molar-refractivity contribution is 0.352. The Labute approximate surface area is 71.0 Å². The van der Waals surface area contributed by atoms with Crippen molar-refractivity contribution < 1.29 is 12.9 Å². The van der Waals surface area contributed by atoms with Crippen LogP contribution < -0.4 is 0 Å². The Balaban J connectivity index is 3.13. The molecule has 0 radical (unpaired) electrons. The number of hydrogen-bond acceptors (Lipinski definition) is 3. The summed E-state index contributed by atoms with van der Waals surface area (Å²) < 4.78 is 23.0. The molecule has 0 aliphatic heterocycles. The van der Waals surface area contributed by atoms with E-state index in [1.807, 2.05) is 45.2 Å². The van der Waals surface area contributed by atoms with Crippen LogP contribution in [0.2, 0.25) is 0 Å². The van der Waals surface area contributed by atoms with Crippen molar-refractivity contribution in [2.24, 2.45) is 0 Å². The predicted octanol–water partition coefficient (Wildman–Crippen LogP) is 0.951. The smallest absolute Gasteiger partial charge is 0.175 e. The zero-order chi connectivity index (χ0) is 5.86. The summed E-state index contributed by atoms with van der Waals surface area (Å²) in [6.07, 6.45) is 0. The normalized spacial score (nSPS) is 14.9. The Kier molecular flexibility index (Phi) is 5.38. The second-order valence-electron chi connectivity index (χ2n) is 0.561. The van der Waals surface area contributed by atoms with E-state index in [1.165, 1.54) is 0 Å². The van der Waals surface area contributed by atoms with E-state index < -0.39 is 11.4 Å². The van der Waals surface area contributed by atoms with Crippen molar-refractivity contribution in [2.45, 2.75) is 2.12 Å². The molecule has 0 amide bonds. The minimum absolute atomic E-state index is 0.298. The molecule has 0 aliphatic rings. The molecule has 0 saturated heterocycles. The second-order valence-corrected chi connectivity index (χ2v) is 5.81. The molecule has 44 valence electrons. The predicted molar refractivity (Wildman–Crippen MR) is 41.8 cm³/mol. The number of halogens is 2. The summed E-state index contributed by atoms with van der Waals surface area (Å²) in [5.41, 5.74) is 0. The van der Waals surface area contributed by atoms with Crippen LogP contribution in [0.1, 0.15) is 0 Å². The molecule has 0 saturated carbocycles. The Morgan fingerprint density at radius 3 is 2.14 bits per heavy atom. The maximum Gasteiger partial charge on any atom is 0.175 e. The fourth-order valence-electron chi connectivity index (χ4n) is 0.0594. The highest BCUT2D eigenvalue weighted by atomic mass is 127. The van der Waals surface area contributed by atoms with Gasteiger partial charge in [-0.2, -0.15) is 0 Å². The summed E-state index contributed by atoms with van der Waals surface area (Å²) in [6.45, 7) is 0. The molecule has 0 aromatic rings. The zero-order valence-electron chi connectivity index (χ0n) is 2.97. The molecular weight excluding hydrogens is 346 g/mol. The van der Waals surface area contributed by atoms with Gasteiger partial charge in [-0.1, -0.05) is 0 Å². The van der Waals surface area contributed by atoms with Gasteiger partial charge in [0.1, 0.15) is 0 Å². The highest BCUT2D eigenvalue weighted by Crippen LogP contribution is 2.11. The van der Waals surface area contributed by atoms with E-state index in [1.54, 1.807) is 0 Å². The monoisotopic (exact) mass is 347 g/mol. The third-order valence-electron chi connectivity index (χ3n) is 0.151. The number of hydrogen-bond donors (Lipinski definition) is 0. The SMILES string of the molecule is O=S([O-])OC(I)I. The third kappa shape index (κ3) is 7.53. The van der Waals surface area contributed by atoms with Gasteiger partial charge in [0.2, 0.25) is 0 Å². The standard InChI is InChI=1S/CH2I2O3S/c2-1(3)6-7(4)5/h1H,(H,4,5)/p-1. The molecule has 6 heteroatoms. The molecule has 0 aromatic heterocycles. The van der Waals surface area contributed by atoms with E-state index in [0.717, 1.165) is 0 Å². The molecule has 0 aromatic carbocycles. The van der Waals surface area contributed by atoms with E-state index in [4.69, 9.17) is 0 Å². The Hall–Kier alpha value is 1.53. The molecule has 0 fully saturated rings. The first-order valence-electron chi connectivity index (χ1n) is 1.17. The fourth-order valence-corrected chi connectivity index (χ4v) is 1.20. The molecule has 0 N–H and O–H groups in total. The molecule has 0 heterocycles. The maximum absolute atomic E-state index is 9.58. The van der Waals surface area contributed by atoms with Crippen molar-refractivity contribution in [3.63, 3.8) is 0 Å². The summed E-state index contributed by atoms with van der Waals surface area (Å²) in [5, 5.41) is 0. The molecular formula is CHI2O3S-. The van der Waals surface area contributed by atoms with Gasteiger partial charge in [0.05, 0.1) is 11.4 Å². The quantitative estimate of drug-likeness (QED) is 0.425. The van der Waals surface area contributed by atoms with Crippen LogP contribution in [-0.4, -0.2) is 10.9 Å². The summed E-state index contributed by atoms with van der Waals surface area (Å²) in [4.78, 5) is 0. The minimum Gasteiger partial charge on any atom is -0.750 e. The topological polar surface area (TPSA) is 49.4 Å². The van der Waals surface area contributed by atoms with E-state index in [9.17, 15) is 8.76 Å². The average Bonchev–Trinajstić information content (AvgIpc) is 1.27. The van der Waals surface area contributed by atoms with Crippen molar-refractivity contribution in [1.82, 2.24) is 0 Å². The largest absolute Gasteiger partial charge is 0.750 e. The molecule has 1 atom stereocenters. The van der Waals surface area contributed by atoms with Crippen molar-refractivity contribution in [1.29, 1.82) is 0 Å². The van der Waals surface area contributed by atoms with Gasteiger partial charge in [-0.05, 0) is 45.2 Å². The van der Waals surface area contributed by atoms with E-state index in [-0.39, 0.29) is 2.12 Å². The van der Waals surface area contributed by atoms with Crippen LogP contribution in [0.25, 0.3) is 0 Å². The van der Waals surface area contributed by atoms with Crippen LogP contribution in [0.3, 0.4) is 0 Å². The van der Waals surface area contributed by atoms with Gasteiger partial charge in [-0.25, -0.2) is 4.21 Å². The molecule has 0 spiro atoms. The lowest BCUT2D eigenvalue weighted by atomic mass is 11.8. The molecule has 0 bridgehead atoms. The van der Waals surface area contributed by atoms with Crippen molar-refractivity contribution in [2.75, 3.05) is 0 Å². The Morgan fingerprint density at radius 2 is 2.14 bits per heavy atom. The molecule has 7 heavy (non-hydrogen) atoms. The highest BCUT2D eigenvalue weighted by Gasteiger charge is 1.92. The zero-order valence-corrected chi connectivity index (χ0v) is 8.10. The molecule has 1 unspecified atom stereocenters. The van der Waals surface area contributed by atoms with Crippen LogP contribution in [0, 0.1) is 0 Å². The lowest BCUT2D eigenvalue weighted by Gasteiger charge is -2.04. The van der Waals surface area contributed by atoms with Gasteiger partial charge >= 0.3 is 0 Å². The summed E-state index contributed by atoms with van der Waals surface area (Å²) >= 11 is 1.30. The first-order valence-corrected chi connectivity index (χ1v) is 4.66. The van der Waals surface area contributed by atoms with E-state index >= 15 is 0 Å². The molecule has 3 nitrogen and oxygen atoms in total. The number of rotatable bonds is 2. The van der Waals surface area contributed by atoms with E-state index in [2.05, 4.69) is 4.18 Å². The second kappa shape index (κ2) is 4.41. The van der Waals surface area contributed by atoms with Gasteiger partial charge in [-0.3, -0.25) is 4.18 Å². The first-order chi connectivity index (χ1) is 3.13. The van der Waals surface area contributed by atoms with Crippen molar-refractivity contribution >= 4 is 56.5 Å². The van der Waals surface area contributed by atoms with Gasteiger partial charge < -0.3 is 4.55 Å². The molecule has 0 rings (SSSR count). The third-order valence-corrected chi connectivity index (χ3v) is 1.70. The van der Waals surface area contributed by atoms with Crippen molar-refractivity contribution in [3.05, 3.63) is 0 Å². The Morgan fingerprint density at radius 1 is 1.71 bits per heavy atom. The first kappa shape index (κ1) is 8.53. The Bertz CT molecular complexity index is 73.3. The van der Waals surface area contributed by atoms with Gasteiger partial charge in [-0.15, -0.1) is 0 Å². The average molecular weight is 347 g/mol. The lowest BCUT2D eigenvalue weighted by Crippen LogP contribution is -1.97.